The fourth-order valence-corrected chi connectivity index (χ4v) is 6.56. The van der Waals surface area contributed by atoms with E-state index in [1.54, 1.807) is 0 Å². The second-order valence-corrected chi connectivity index (χ2v) is 11.6. The normalized spacial score (nSPS) is 17.0. The molecule has 3 nitrogen and oxygen atoms in total. The molecule has 5 aromatic carbocycles. The summed E-state index contributed by atoms with van der Waals surface area (Å²) < 4.78 is 2.47. The highest BCUT2D eigenvalue weighted by Gasteiger charge is 2.28. The van der Waals surface area contributed by atoms with Crippen LogP contribution < -0.4 is 0 Å². The van der Waals surface area contributed by atoms with Crippen molar-refractivity contribution >= 4 is 33.4 Å². The molecule has 0 saturated carbocycles. The van der Waals surface area contributed by atoms with Crippen molar-refractivity contribution in [3.63, 3.8) is 0 Å². The summed E-state index contributed by atoms with van der Waals surface area (Å²) in [6.07, 6.45) is 3.51. The molecule has 210 valence electrons. The lowest BCUT2D eigenvalue weighted by Crippen LogP contribution is -2.18. The Labute approximate surface area is 253 Å². The number of amidine groups is 1. The van der Waals surface area contributed by atoms with Crippen LogP contribution in [0.2, 0.25) is 0 Å². The minimum absolute atomic E-state index is 0.137. The highest BCUT2D eigenvalue weighted by atomic mass is 15.2. The Bertz CT molecular complexity index is 2010. The van der Waals surface area contributed by atoms with Gasteiger partial charge in [-0.2, -0.15) is 0 Å². The fraction of sp³-hybridized carbons (Fsp3) is 0.150. The zero-order chi connectivity index (χ0) is 29.3. The molecule has 1 aliphatic rings. The van der Waals surface area contributed by atoms with Crippen LogP contribution in [0.25, 0.3) is 32.9 Å². The van der Waals surface area contributed by atoms with Crippen LogP contribution in [0.5, 0.6) is 0 Å². The van der Waals surface area contributed by atoms with Crippen LogP contribution in [0, 0.1) is 12.8 Å². The number of aliphatic imine (C=N–C) groups is 2. The molecule has 0 N–H and O–H groups in total. The molecule has 0 spiro atoms. The number of rotatable bonds is 6. The van der Waals surface area contributed by atoms with Crippen molar-refractivity contribution in [3.8, 4) is 11.1 Å². The number of para-hydroxylation sites is 1. The zero-order valence-corrected chi connectivity index (χ0v) is 24.7. The second kappa shape index (κ2) is 11.3. The van der Waals surface area contributed by atoms with Gasteiger partial charge in [0.05, 0.1) is 16.7 Å². The summed E-state index contributed by atoms with van der Waals surface area (Å²) in [6, 6.07) is 43.2. The monoisotopic (exact) mass is 557 g/mol. The summed E-state index contributed by atoms with van der Waals surface area (Å²) in [4.78, 5) is 10.7. The van der Waals surface area contributed by atoms with E-state index >= 15 is 0 Å². The van der Waals surface area contributed by atoms with Gasteiger partial charge in [0.2, 0.25) is 0 Å². The highest BCUT2D eigenvalue weighted by Crippen LogP contribution is 2.41. The van der Waals surface area contributed by atoms with E-state index in [-0.39, 0.29) is 12.1 Å². The van der Waals surface area contributed by atoms with Crippen molar-refractivity contribution in [2.24, 2.45) is 15.9 Å². The topological polar surface area (TPSA) is 29.6 Å². The van der Waals surface area contributed by atoms with E-state index in [4.69, 9.17) is 9.98 Å². The Hall–Kier alpha value is -5.02. The summed E-state index contributed by atoms with van der Waals surface area (Å²) in [5.74, 6) is 0.986. The van der Waals surface area contributed by atoms with Gasteiger partial charge in [-0.3, -0.25) is 0 Å². The van der Waals surface area contributed by atoms with Gasteiger partial charge < -0.3 is 4.57 Å². The Morgan fingerprint density at radius 2 is 1.42 bits per heavy atom. The Balaban J connectivity index is 1.48. The third-order valence-corrected chi connectivity index (χ3v) is 8.65. The molecule has 2 heterocycles. The van der Waals surface area contributed by atoms with Gasteiger partial charge >= 0.3 is 0 Å². The van der Waals surface area contributed by atoms with Gasteiger partial charge in [-0.05, 0) is 65.8 Å². The van der Waals surface area contributed by atoms with Gasteiger partial charge in [-0.1, -0.05) is 116 Å². The number of benzene rings is 5. The quantitative estimate of drug-likeness (QED) is 0.182. The predicted octanol–water partition coefficient (Wildman–Crippen LogP) is 9.97. The summed E-state index contributed by atoms with van der Waals surface area (Å²) in [7, 11) is 0. The molecule has 0 aliphatic carbocycles. The Morgan fingerprint density at radius 3 is 2.19 bits per heavy atom. The van der Waals surface area contributed by atoms with E-state index in [0.717, 1.165) is 35.5 Å². The van der Waals surface area contributed by atoms with Crippen molar-refractivity contribution in [1.29, 1.82) is 0 Å². The lowest BCUT2D eigenvalue weighted by molar-refractivity contribution is 0.395. The molecular weight excluding hydrogens is 522 g/mol. The maximum atomic E-state index is 5.50. The van der Waals surface area contributed by atoms with Crippen molar-refractivity contribution in [1.82, 2.24) is 4.57 Å². The van der Waals surface area contributed by atoms with Crippen LogP contribution in [0.15, 0.2) is 144 Å². The third-order valence-electron chi connectivity index (χ3n) is 8.65. The van der Waals surface area contributed by atoms with Gasteiger partial charge in [0.1, 0.15) is 6.17 Å². The first-order chi connectivity index (χ1) is 21.1. The summed E-state index contributed by atoms with van der Waals surface area (Å²) in [5.41, 5.74) is 10.7. The molecule has 0 bridgehead atoms. The number of aryl methyl sites for hydroxylation is 1. The molecule has 3 heteroatoms. The maximum absolute atomic E-state index is 5.50. The van der Waals surface area contributed by atoms with Gasteiger partial charge in [-0.15, -0.1) is 6.58 Å². The van der Waals surface area contributed by atoms with E-state index in [1.807, 2.05) is 12.1 Å². The molecular formula is C40H35N3. The van der Waals surface area contributed by atoms with E-state index in [0.29, 0.717) is 0 Å². The van der Waals surface area contributed by atoms with Gasteiger partial charge in [-0.25, -0.2) is 9.98 Å². The van der Waals surface area contributed by atoms with Crippen LogP contribution >= 0.6 is 0 Å². The van der Waals surface area contributed by atoms with E-state index in [1.165, 1.54) is 44.1 Å². The average molecular weight is 558 g/mol. The van der Waals surface area contributed by atoms with Crippen molar-refractivity contribution < 1.29 is 0 Å². The van der Waals surface area contributed by atoms with Gasteiger partial charge in [0.25, 0.3) is 0 Å². The maximum Gasteiger partial charge on any atom is 0.156 e. The molecule has 0 fully saturated rings. The van der Waals surface area contributed by atoms with Crippen LogP contribution in [-0.2, 0) is 6.42 Å². The van der Waals surface area contributed by atoms with Crippen LogP contribution in [0.1, 0.15) is 41.8 Å². The van der Waals surface area contributed by atoms with Crippen molar-refractivity contribution in [2.45, 2.75) is 32.9 Å². The SMILES string of the molecule is C=CCc1ccccc1-c1cc2c(cc1C)c1ccccc1n2C1N=C(c2ccccc2)N=C(c2ccccc2)CC1C. The van der Waals surface area contributed by atoms with E-state index < -0.39 is 0 Å². The standard InChI is InChI=1S/C40H35N3/c1-4-15-29-16-11-12-21-32(29)34-26-38-35(24-27(34)2)33-22-13-14-23-37(33)43(38)40-28(3)25-36(30-17-7-5-8-18-30)41-39(42-40)31-19-9-6-10-20-31/h4-14,16-24,26,28,40H,1,15,25H2,2-3H3. The number of allylic oxidation sites excluding steroid dienone is 1. The second-order valence-electron chi connectivity index (χ2n) is 11.6. The molecule has 2 unspecified atom stereocenters. The number of hydrogen-bond donors (Lipinski definition) is 0. The molecule has 6 aromatic rings. The molecule has 1 aromatic heterocycles. The van der Waals surface area contributed by atoms with Gasteiger partial charge in [0, 0.05) is 22.3 Å². The molecule has 0 saturated heterocycles. The largest absolute Gasteiger partial charge is 0.317 e. The molecule has 1 aliphatic heterocycles. The molecule has 7 rings (SSSR count). The average Bonchev–Trinajstić information content (AvgIpc) is 3.24. The van der Waals surface area contributed by atoms with Gasteiger partial charge in [0.15, 0.2) is 5.84 Å². The number of nitrogens with zero attached hydrogens (tertiary/aromatic N) is 3. The minimum Gasteiger partial charge on any atom is -0.317 e. The van der Waals surface area contributed by atoms with Crippen molar-refractivity contribution in [2.75, 3.05) is 0 Å². The van der Waals surface area contributed by atoms with Crippen LogP contribution in [0.4, 0.5) is 0 Å². The Morgan fingerprint density at radius 1 is 0.744 bits per heavy atom. The summed E-state index contributed by atoms with van der Waals surface area (Å²) in [6.45, 7) is 8.56. The van der Waals surface area contributed by atoms with E-state index in [2.05, 4.69) is 140 Å². The first kappa shape index (κ1) is 26.9. The molecule has 0 radical (unpaired) electrons. The zero-order valence-electron chi connectivity index (χ0n) is 24.7. The highest BCUT2D eigenvalue weighted by molar-refractivity contribution is 6.13. The van der Waals surface area contributed by atoms with E-state index in [9.17, 15) is 0 Å². The first-order valence-electron chi connectivity index (χ1n) is 15.1. The van der Waals surface area contributed by atoms with Crippen LogP contribution in [-0.4, -0.2) is 16.1 Å². The number of hydrogen-bond acceptors (Lipinski definition) is 2. The summed E-state index contributed by atoms with van der Waals surface area (Å²) >= 11 is 0. The Kier molecular flexibility index (Phi) is 7.08. The first-order valence-corrected chi connectivity index (χ1v) is 15.1. The lowest BCUT2D eigenvalue weighted by Gasteiger charge is -2.24. The molecule has 0 amide bonds. The lowest BCUT2D eigenvalue weighted by atomic mass is 9.93. The smallest absolute Gasteiger partial charge is 0.156 e. The minimum atomic E-state index is -0.137. The third kappa shape index (κ3) is 4.91. The molecule has 2 atom stereocenters. The number of fused-ring (bicyclic) bond motifs is 3. The fourth-order valence-electron chi connectivity index (χ4n) is 6.56. The molecule has 43 heavy (non-hydrogen) atoms. The van der Waals surface area contributed by atoms with Crippen molar-refractivity contribution in [3.05, 3.63) is 156 Å². The van der Waals surface area contributed by atoms with Crippen LogP contribution in [0.3, 0.4) is 0 Å². The number of aromatic nitrogens is 1. The summed E-state index contributed by atoms with van der Waals surface area (Å²) in [5, 5.41) is 2.51. The predicted molar refractivity (Wildman–Crippen MR) is 182 cm³/mol.